The summed E-state index contributed by atoms with van der Waals surface area (Å²) < 4.78 is 7.31. The molecule has 238 valence electrons. The molecular formula is C46H28N4Se. The van der Waals surface area contributed by atoms with E-state index >= 15 is 0 Å². The van der Waals surface area contributed by atoms with E-state index in [4.69, 9.17) is 9.97 Å². The first-order chi connectivity index (χ1) is 25.3. The summed E-state index contributed by atoms with van der Waals surface area (Å²) in [5.41, 5.74) is 12.9. The van der Waals surface area contributed by atoms with Crippen LogP contribution in [0, 0.1) is 0 Å². The minimum absolute atomic E-state index is 0.109. The van der Waals surface area contributed by atoms with Gasteiger partial charge in [-0.2, -0.15) is 0 Å². The summed E-state index contributed by atoms with van der Waals surface area (Å²) in [7, 11) is 0. The third-order valence-corrected chi connectivity index (χ3v) is 12.5. The van der Waals surface area contributed by atoms with Crippen LogP contribution in [-0.2, 0) is 0 Å². The molecule has 11 aromatic rings. The molecule has 0 fully saturated rings. The molecular weight excluding hydrogens is 687 g/mol. The second kappa shape index (κ2) is 11.1. The molecule has 5 heteroatoms. The van der Waals surface area contributed by atoms with Crippen molar-refractivity contribution in [3.8, 4) is 33.6 Å². The molecule has 0 aliphatic carbocycles. The van der Waals surface area contributed by atoms with Crippen molar-refractivity contribution in [1.29, 1.82) is 0 Å². The number of hydrogen-bond acceptors (Lipinski definition) is 2. The maximum atomic E-state index is 5.19. The van der Waals surface area contributed by atoms with Crippen molar-refractivity contribution in [3.05, 3.63) is 170 Å². The summed E-state index contributed by atoms with van der Waals surface area (Å²) in [6, 6.07) is 54.7. The molecule has 0 aliphatic heterocycles. The van der Waals surface area contributed by atoms with Crippen molar-refractivity contribution in [2.75, 3.05) is 0 Å². The van der Waals surface area contributed by atoms with Crippen molar-refractivity contribution in [2.45, 2.75) is 0 Å². The Kier molecular flexibility index (Phi) is 6.23. The molecule has 0 unspecified atom stereocenters. The molecule has 0 aliphatic rings. The van der Waals surface area contributed by atoms with Crippen LogP contribution in [-0.4, -0.2) is 33.6 Å². The van der Waals surface area contributed by atoms with Gasteiger partial charge in [-0.3, -0.25) is 0 Å². The summed E-state index contributed by atoms with van der Waals surface area (Å²) in [5, 5.41) is 6.20. The van der Waals surface area contributed by atoms with Crippen molar-refractivity contribution >= 4 is 77.5 Å². The number of nitrogens with zero attached hydrogens (tertiary/aromatic N) is 4. The molecule has 11 rings (SSSR count). The summed E-state index contributed by atoms with van der Waals surface area (Å²) in [6.07, 6.45) is 6.13. The van der Waals surface area contributed by atoms with Gasteiger partial charge in [0.15, 0.2) is 0 Å². The van der Waals surface area contributed by atoms with Gasteiger partial charge in [-0.1, -0.05) is 0 Å². The van der Waals surface area contributed by atoms with Crippen LogP contribution in [0.25, 0.3) is 96.7 Å². The Hall–Kier alpha value is -6.26. The molecule has 4 nitrogen and oxygen atoms in total. The van der Waals surface area contributed by atoms with Gasteiger partial charge >= 0.3 is 301 Å². The van der Waals surface area contributed by atoms with E-state index in [0.717, 1.165) is 27.9 Å². The Morgan fingerprint density at radius 1 is 0.412 bits per heavy atom. The summed E-state index contributed by atoms with van der Waals surface area (Å²) in [6.45, 7) is 0. The first kappa shape index (κ1) is 28.6. The molecule has 0 amide bonds. The Balaban J connectivity index is 1.06. The summed E-state index contributed by atoms with van der Waals surface area (Å²) in [5.74, 6) is 0. The normalized spacial score (nSPS) is 11.9. The van der Waals surface area contributed by atoms with E-state index in [2.05, 4.69) is 167 Å². The van der Waals surface area contributed by atoms with Crippen LogP contribution in [0.1, 0.15) is 0 Å². The molecule has 0 atom stereocenters. The standard InChI is InChI=1S/C46H28N4Se/c1-3-11-32(12-4-1)49-39-17-9-7-15-34(39)36-23-29(19-21-41(36)49)31-25-43-46(48-26-31)45-38(27-47-28-44(45)51-43)30-20-22-42-37(24-30)35-16-8-10-18-40(35)50(42)33-13-5-2-6-14-33/h1-28H. The van der Waals surface area contributed by atoms with Crippen LogP contribution in [0.2, 0.25) is 0 Å². The van der Waals surface area contributed by atoms with E-state index in [1.54, 1.807) is 0 Å². The number of hydrogen-bond donors (Lipinski definition) is 0. The predicted molar refractivity (Wildman–Crippen MR) is 214 cm³/mol. The number of para-hydroxylation sites is 4. The molecule has 0 bridgehead atoms. The van der Waals surface area contributed by atoms with Gasteiger partial charge in [0, 0.05) is 0 Å². The van der Waals surface area contributed by atoms with Crippen molar-refractivity contribution in [1.82, 2.24) is 19.1 Å². The number of pyridine rings is 2. The van der Waals surface area contributed by atoms with Crippen LogP contribution < -0.4 is 0 Å². The minimum atomic E-state index is 0.109. The molecule has 0 radical (unpaired) electrons. The van der Waals surface area contributed by atoms with Crippen molar-refractivity contribution in [3.63, 3.8) is 0 Å². The number of aromatic nitrogens is 4. The fraction of sp³-hybridized carbons (Fsp3) is 0. The van der Waals surface area contributed by atoms with Crippen LogP contribution in [0.5, 0.6) is 0 Å². The van der Waals surface area contributed by atoms with Crippen molar-refractivity contribution < 1.29 is 0 Å². The van der Waals surface area contributed by atoms with Crippen LogP contribution in [0.4, 0.5) is 0 Å². The Morgan fingerprint density at radius 3 is 1.61 bits per heavy atom. The van der Waals surface area contributed by atoms with E-state index in [9.17, 15) is 0 Å². The fourth-order valence-corrected chi connectivity index (χ4v) is 10.3. The van der Waals surface area contributed by atoms with Gasteiger partial charge in [-0.15, -0.1) is 0 Å². The van der Waals surface area contributed by atoms with E-state index in [1.807, 2.05) is 12.4 Å². The maximum absolute atomic E-state index is 5.19. The molecule has 5 heterocycles. The second-order valence-electron chi connectivity index (χ2n) is 13.1. The molecule has 0 N–H and O–H groups in total. The van der Waals surface area contributed by atoms with Crippen LogP contribution in [0.3, 0.4) is 0 Å². The quantitative estimate of drug-likeness (QED) is 0.170. The Morgan fingerprint density at radius 2 is 0.961 bits per heavy atom. The van der Waals surface area contributed by atoms with Crippen molar-refractivity contribution in [2.24, 2.45) is 0 Å². The molecule has 6 aromatic carbocycles. The molecule has 0 spiro atoms. The average Bonchev–Trinajstić information content (AvgIpc) is 3.85. The Bertz CT molecular complexity index is 3130. The zero-order valence-electron chi connectivity index (χ0n) is 27.4. The average molecular weight is 716 g/mol. The van der Waals surface area contributed by atoms with Crippen LogP contribution >= 0.6 is 0 Å². The first-order valence-electron chi connectivity index (χ1n) is 17.1. The van der Waals surface area contributed by atoms with Gasteiger partial charge in [-0.25, -0.2) is 0 Å². The van der Waals surface area contributed by atoms with E-state index in [-0.39, 0.29) is 14.5 Å². The fourth-order valence-electron chi connectivity index (χ4n) is 7.97. The van der Waals surface area contributed by atoms with Gasteiger partial charge in [0.2, 0.25) is 0 Å². The monoisotopic (exact) mass is 716 g/mol. The molecule has 0 saturated heterocycles. The van der Waals surface area contributed by atoms with E-state index in [0.29, 0.717) is 0 Å². The molecule has 51 heavy (non-hydrogen) atoms. The third kappa shape index (κ3) is 4.32. The number of fused-ring (bicyclic) bond motifs is 9. The third-order valence-electron chi connectivity index (χ3n) is 10.2. The summed E-state index contributed by atoms with van der Waals surface area (Å²) in [4.78, 5) is 9.96. The molecule has 0 saturated carbocycles. The SMILES string of the molecule is c1ccc(-n2c3ccccc3c3cc(-c4cnc5c(c4)[se]c4cncc(-c6ccc7c(c6)c6ccccc6n7-c6ccccc6)c45)ccc32)cc1. The Labute approximate surface area is 299 Å². The van der Waals surface area contributed by atoms with Gasteiger partial charge in [0.25, 0.3) is 0 Å². The van der Waals surface area contributed by atoms with Crippen LogP contribution in [0.15, 0.2) is 170 Å². The second-order valence-corrected chi connectivity index (χ2v) is 15.3. The zero-order chi connectivity index (χ0) is 33.5. The van der Waals surface area contributed by atoms with Gasteiger partial charge in [-0.05, 0) is 0 Å². The van der Waals surface area contributed by atoms with Gasteiger partial charge in [0.1, 0.15) is 0 Å². The zero-order valence-corrected chi connectivity index (χ0v) is 29.1. The van der Waals surface area contributed by atoms with E-state index < -0.39 is 0 Å². The first-order valence-corrected chi connectivity index (χ1v) is 18.9. The predicted octanol–water partition coefficient (Wildman–Crippen LogP) is 11.4. The number of benzene rings is 6. The van der Waals surface area contributed by atoms with Gasteiger partial charge in [0.05, 0.1) is 0 Å². The van der Waals surface area contributed by atoms with Gasteiger partial charge < -0.3 is 0 Å². The molecule has 5 aromatic heterocycles. The van der Waals surface area contributed by atoms with E-state index in [1.165, 1.54) is 68.8 Å². The number of rotatable bonds is 4. The topological polar surface area (TPSA) is 35.6 Å². The summed E-state index contributed by atoms with van der Waals surface area (Å²) >= 11 is 0.109.